The summed E-state index contributed by atoms with van der Waals surface area (Å²) in [6, 6.07) is 7.36. The highest BCUT2D eigenvalue weighted by Crippen LogP contribution is 2.15. The molecule has 0 saturated carbocycles. The third-order valence-corrected chi connectivity index (χ3v) is 3.72. The highest BCUT2D eigenvalue weighted by molar-refractivity contribution is 5.89. The number of nitrogens with zero attached hydrogens (tertiary/aromatic N) is 1. The topological polar surface area (TPSA) is 79.6 Å². The Morgan fingerprint density at radius 3 is 2.57 bits per heavy atom. The van der Waals surface area contributed by atoms with Gasteiger partial charge in [0.2, 0.25) is 0 Å². The molecule has 0 atom stereocenters. The fourth-order valence-corrected chi connectivity index (χ4v) is 2.51. The van der Waals surface area contributed by atoms with Crippen LogP contribution < -0.4 is 21.1 Å². The molecule has 1 aromatic carbocycles. The molecule has 6 heteroatoms. The van der Waals surface area contributed by atoms with Crippen molar-refractivity contribution in [2.24, 2.45) is 5.73 Å². The maximum Gasteiger partial charge on any atom is 0.319 e. The number of ether oxygens (including phenoxy) is 1. The standard InChI is InChI=1S/C15H24N4O2/c1-21-14-4-2-12(3-5-14)17-15(20)18-13-6-9-19(10-7-13)11-8-16/h2-5,13H,6-11,16H2,1H3,(H2,17,18,20). The predicted octanol–water partition coefficient (Wildman–Crippen LogP) is 1.24. The molecule has 1 aliphatic heterocycles. The number of methoxy groups -OCH3 is 1. The van der Waals surface area contributed by atoms with E-state index in [9.17, 15) is 4.79 Å². The van der Waals surface area contributed by atoms with Crippen molar-refractivity contribution in [1.29, 1.82) is 0 Å². The van der Waals surface area contributed by atoms with E-state index in [0.717, 1.165) is 43.9 Å². The van der Waals surface area contributed by atoms with E-state index in [-0.39, 0.29) is 12.1 Å². The van der Waals surface area contributed by atoms with Crippen LogP contribution in [0.4, 0.5) is 10.5 Å². The van der Waals surface area contributed by atoms with Gasteiger partial charge in [0.1, 0.15) is 5.75 Å². The second-order valence-electron chi connectivity index (χ2n) is 5.23. The van der Waals surface area contributed by atoms with E-state index in [0.29, 0.717) is 6.54 Å². The second-order valence-corrected chi connectivity index (χ2v) is 5.23. The Labute approximate surface area is 125 Å². The van der Waals surface area contributed by atoms with Gasteiger partial charge in [-0.2, -0.15) is 0 Å². The average molecular weight is 292 g/mol. The number of hydrogen-bond acceptors (Lipinski definition) is 4. The first kappa shape index (κ1) is 15.6. The lowest BCUT2D eigenvalue weighted by Crippen LogP contribution is -2.46. The summed E-state index contributed by atoms with van der Waals surface area (Å²) in [6.07, 6.45) is 1.94. The van der Waals surface area contributed by atoms with Crippen LogP contribution in [0.1, 0.15) is 12.8 Å². The molecule has 0 aliphatic carbocycles. The first-order valence-electron chi connectivity index (χ1n) is 7.35. The number of piperidine rings is 1. The first-order chi connectivity index (χ1) is 10.2. The van der Waals surface area contributed by atoms with Crippen molar-refractivity contribution >= 4 is 11.7 Å². The number of carbonyl (C=O) groups is 1. The van der Waals surface area contributed by atoms with E-state index < -0.39 is 0 Å². The summed E-state index contributed by atoms with van der Waals surface area (Å²) in [5, 5.41) is 5.86. The van der Waals surface area contributed by atoms with Crippen molar-refractivity contribution in [3.05, 3.63) is 24.3 Å². The normalized spacial score (nSPS) is 16.5. The van der Waals surface area contributed by atoms with Crippen molar-refractivity contribution < 1.29 is 9.53 Å². The largest absolute Gasteiger partial charge is 0.497 e. The van der Waals surface area contributed by atoms with Gasteiger partial charge < -0.3 is 26.0 Å². The first-order valence-corrected chi connectivity index (χ1v) is 7.35. The van der Waals surface area contributed by atoms with Gasteiger partial charge in [0.15, 0.2) is 0 Å². The number of amides is 2. The van der Waals surface area contributed by atoms with Gasteiger partial charge in [-0.1, -0.05) is 0 Å². The Balaban J connectivity index is 1.74. The molecule has 0 radical (unpaired) electrons. The fourth-order valence-electron chi connectivity index (χ4n) is 2.51. The number of nitrogens with one attached hydrogen (secondary N) is 2. The van der Waals surface area contributed by atoms with Gasteiger partial charge in [-0.3, -0.25) is 0 Å². The number of benzene rings is 1. The molecule has 2 amide bonds. The fraction of sp³-hybridized carbons (Fsp3) is 0.533. The number of rotatable bonds is 5. The molecule has 0 bridgehead atoms. The van der Waals surface area contributed by atoms with Gasteiger partial charge >= 0.3 is 6.03 Å². The summed E-state index contributed by atoms with van der Waals surface area (Å²) in [7, 11) is 1.62. The summed E-state index contributed by atoms with van der Waals surface area (Å²) in [5.41, 5.74) is 6.31. The van der Waals surface area contributed by atoms with Crippen LogP contribution in [-0.4, -0.2) is 50.3 Å². The van der Waals surface area contributed by atoms with Crippen LogP contribution in [0.25, 0.3) is 0 Å². The van der Waals surface area contributed by atoms with E-state index >= 15 is 0 Å². The van der Waals surface area contributed by atoms with Crippen LogP contribution in [0.2, 0.25) is 0 Å². The molecule has 0 unspecified atom stereocenters. The summed E-state index contributed by atoms with van der Waals surface area (Å²) >= 11 is 0. The molecule has 2 rings (SSSR count). The monoisotopic (exact) mass is 292 g/mol. The lowest BCUT2D eigenvalue weighted by molar-refractivity contribution is 0.200. The van der Waals surface area contributed by atoms with Crippen molar-refractivity contribution in [3.8, 4) is 5.75 Å². The Kier molecular flexibility index (Phi) is 5.83. The predicted molar refractivity (Wildman–Crippen MR) is 83.7 cm³/mol. The second kappa shape index (κ2) is 7.85. The number of urea groups is 1. The molecule has 6 nitrogen and oxygen atoms in total. The van der Waals surface area contributed by atoms with Crippen LogP contribution in [0, 0.1) is 0 Å². The molecule has 1 aliphatic rings. The zero-order chi connectivity index (χ0) is 15.1. The lowest BCUT2D eigenvalue weighted by Gasteiger charge is -2.31. The SMILES string of the molecule is COc1ccc(NC(=O)NC2CCN(CCN)CC2)cc1. The Bertz CT molecular complexity index is 441. The maximum atomic E-state index is 12.0. The number of hydrogen-bond donors (Lipinski definition) is 3. The minimum absolute atomic E-state index is 0.155. The van der Waals surface area contributed by atoms with Crippen molar-refractivity contribution in [2.75, 3.05) is 38.6 Å². The molecule has 21 heavy (non-hydrogen) atoms. The summed E-state index contributed by atoms with van der Waals surface area (Å²) in [6.45, 7) is 3.61. The molecule has 1 heterocycles. The van der Waals surface area contributed by atoms with Crippen LogP contribution in [0.5, 0.6) is 5.75 Å². The van der Waals surface area contributed by atoms with Gasteiger partial charge in [0.05, 0.1) is 7.11 Å². The molecular formula is C15H24N4O2. The van der Waals surface area contributed by atoms with Crippen molar-refractivity contribution in [3.63, 3.8) is 0 Å². The quantitative estimate of drug-likeness (QED) is 0.763. The lowest BCUT2D eigenvalue weighted by atomic mass is 10.1. The zero-order valence-corrected chi connectivity index (χ0v) is 12.5. The van der Waals surface area contributed by atoms with Gasteiger partial charge in [-0.05, 0) is 37.1 Å². The molecular weight excluding hydrogens is 268 g/mol. The Morgan fingerprint density at radius 1 is 1.33 bits per heavy atom. The van der Waals surface area contributed by atoms with E-state index in [4.69, 9.17) is 10.5 Å². The summed E-state index contributed by atoms with van der Waals surface area (Å²) in [5.74, 6) is 0.772. The molecule has 0 spiro atoms. The van der Waals surface area contributed by atoms with Crippen LogP contribution in [0.3, 0.4) is 0 Å². The molecule has 0 aromatic heterocycles. The van der Waals surface area contributed by atoms with Gasteiger partial charge in [-0.15, -0.1) is 0 Å². The number of carbonyl (C=O) groups excluding carboxylic acids is 1. The number of anilines is 1. The van der Waals surface area contributed by atoms with E-state index in [1.54, 1.807) is 7.11 Å². The van der Waals surface area contributed by atoms with Gasteiger partial charge in [0.25, 0.3) is 0 Å². The molecule has 1 aromatic rings. The van der Waals surface area contributed by atoms with Crippen molar-refractivity contribution in [2.45, 2.75) is 18.9 Å². The third-order valence-electron chi connectivity index (χ3n) is 3.72. The van der Waals surface area contributed by atoms with Crippen LogP contribution >= 0.6 is 0 Å². The summed E-state index contributed by atoms with van der Waals surface area (Å²) in [4.78, 5) is 14.3. The van der Waals surface area contributed by atoms with E-state index in [1.165, 1.54) is 0 Å². The van der Waals surface area contributed by atoms with Gasteiger partial charge in [-0.25, -0.2) is 4.79 Å². The van der Waals surface area contributed by atoms with Crippen molar-refractivity contribution in [1.82, 2.24) is 10.2 Å². The number of likely N-dealkylation sites (tertiary alicyclic amines) is 1. The maximum absolute atomic E-state index is 12.0. The zero-order valence-electron chi connectivity index (χ0n) is 12.5. The van der Waals surface area contributed by atoms with E-state index in [2.05, 4.69) is 15.5 Å². The minimum atomic E-state index is -0.155. The van der Waals surface area contributed by atoms with Gasteiger partial charge in [0, 0.05) is 37.9 Å². The highest BCUT2D eigenvalue weighted by Gasteiger charge is 2.19. The average Bonchev–Trinajstić information content (AvgIpc) is 2.50. The van der Waals surface area contributed by atoms with Crippen LogP contribution in [-0.2, 0) is 0 Å². The summed E-state index contributed by atoms with van der Waals surface area (Å²) < 4.78 is 5.08. The molecule has 116 valence electrons. The molecule has 1 fully saturated rings. The highest BCUT2D eigenvalue weighted by atomic mass is 16.5. The van der Waals surface area contributed by atoms with E-state index in [1.807, 2.05) is 24.3 Å². The Morgan fingerprint density at radius 2 is 2.00 bits per heavy atom. The van der Waals surface area contributed by atoms with Crippen LogP contribution in [0.15, 0.2) is 24.3 Å². The third kappa shape index (κ3) is 4.91. The molecule has 4 N–H and O–H groups in total. The minimum Gasteiger partial charge on any atom is -0.497 e. The molecule has 1 saturated heterocycles. The smallest absolute Gasteiger partial charge is 0.319 e. The number of nitrogens with two attached hydrogens (primary N) is 1. The Hall–Kier alpha value is -1.79.